The van der Waals surface area contributed by atoms with E-state index in [0.29, 0.717) is 16.6 Å². The number of aromatic nitrogens is 2. The highest BCUT2D eigenvalue weighted by Gasteiger charge is 2.04. The van der Waals surface area contributed by atoms with E-state index in [9.17, 15) is 8.78 Å². The zero-order valence-corrected chi connectivity index (χ0v) is 15.9. The van der Waals surface area contributed by atoms with Crippen molar-refractivity contribution in [3.05, 3.63) is 95.3 Å². The van der Waals surface area contributed by atoms with Gasteiger partial charge in [-0.05, 0) is 71.3 Å². The SMILES string of the molecule is CCCc1cnc(-c2ccc(C#Cc3ccc4cc(F)c(F)cc4c3)cc2)nc1. The molecular weight excluding hydrogens is 366 g/mol. The fourth-order valence-corrected chi connectivity index (χ4v) is 3.09. The van der Waals surface area contributed by atoms with Crippen LogP contribution >= 0.6 is 0 Å². The lowest BCUT2D eigenvalue weighted by Gasteiger charge is -2.02. The van der Waals surface area contributed by atoms with E-state index in [-0.39, 0.29) is 0 Å². The third-order valence-corrected chi connectivity index (χ3v) is 4.62. The molecular formula is C25H18F2N2. The van der Waals surface area contributed by atoms with Crippen LogP contribution in [0.3, 0.4) is 0 Å². The van der Waals surface area contributed by atoms with Crippen molar-refractivity contribution in [1.29, 1.82) is 0 Å². The first-order valence-electron chi connectivity index (χ1n) is 9.44. The number of nitrogens with zero attached hydrogens (tertiary/aromatic N) is 2. The van der Waals surface area contributed by atoms with Crippen molar-refractivity contribution in [3.63, 3.8) is 0 Å². The Morgan fingerprint density at radius 1 is 0.759 bits per heavy atom. The number of hydrogen-bond donors (Lipinski definition) is 0. The first-order valence-corrected chi connectivity index (χ1v) is 9.44. The Morgan fingerprint density at radius 3 is 2.07 bits per heavy atom. The van der Waals surface area contributed by atoms with Gasteiger partial charge in [-0.2, -0.15) is 0 Å². The minimum atomic E-state index is -0.858. The van der Waals surface area contributed by atoms with E-state index in [1.807, 2.05) is 36.7 Å². The fourth-order valence-electron chi connectivity index (χ4n) is 3.09. The number of fused-ring (bicyclic) bond motifs is 1. The molecule has 4 rings (SSSR count). The first-order chi connectivity index (χ1) is 14.1. The molecule has 0 aliphatic carbocycles. The van der Waals surface area contributed by atoms with Gasteiger partial charge in [0.05, 0.1) is 0 Å². The molecule has 4 aromatic rings. The maximum absolute atomic E-state index is 13.4. The molecule has 0 N–H and O–H groups in total. The minimum Gasteiger partial charge on any atom is -0.236 e. The standard InChI is InChI=1S/C25H18F2N2/c1-2-3-19-15-28-25(29-16-19)20-9-6-17(7-10-20)4-5-18-8-11-21-13-23(26)24(27)14-22(21)12-18/h6-16H,2-3H2,1H3. The van der Waals surface area contributed by atoms with Gasteiger partial charge >= 0.3 is 0 Å². The third kappa shape index (κ3) is 4.30. The molecule has 4 heteroatoms. The van der Waals surface area contributed by atoms with E-state index in [1.165, 1.54) is 12.1 Å². The fraction of sp³-hybridized carbons (Fsp3) is 0.120. The van der Waals surface area contributed by atoms with Gasteiger partial charge in [0, 0.05) is 29.1 Å². The molecule has 142 valence electrons. The maximum Gasteiger partial charge on any atom is 0.159 e. The van der Waals surface area contributed by atoms with Crippen molar-refractivity contribution in [2.45, 2.75) is 19.8 Å². The van der Waals surface area contributed by atoms with Gasteiger partial charge in [-0.1, -0.05) is 31.3 Å². The Bertz CT molecular complexity index is 1220. The molecule has 0 saturated carbocycles. The molecule has 0 atom stereocenters. The largest absolute Gasteiger partial charge is 0.236 e. The quantitative estimate of drug-likeness (QED) is 0.409. The predicted octanol–water partition coefficient (Wildman–Crippen LogP) is 5.93. The average Bonchev–Trinajstić information content (AvgIpc) is 2.74. The summed E-state index contributed by atoms with van der Waals surface area (Å²) in [6.07, 6.45) is 5.78. The lowest BCUT2D eigenvalue weighted by atomic mass is 10.1. The summed E-state index contributed by atoms with van der Waals surface area (Å²) in [5.41, 5.74) is 3.66. The maximum atomic E-state index is 13.4. The van der Waals surface area contributed by atoms with E-state index in [2.05, 4.69) is 28.7 Å². The third-order valence-electron chi connectivity index (χ3n) is 4.62. The summed E-state index contributed by atoms with van der Waals surface area (Å²) in [6.45, 7) is 2.13. The van der Waals surface area contributed by atoms with Crippen LogP contribution in [0.25, 0.3) is 22.2 Å². The van der Waals surface area contributed by atoms with Gasteiger partial charge in [-0.25, -0.2) is 18.7 Å². The van der Waals surface area contributed by atoms with Gasteiger partial charge in [0.1, 0.15) is 0 Å². The summed E-state index contributed by atoms with van der Waals surface area (Å²) in [4.78, 5) is 8.86. The summed E-state index contributed by atoms with van der Waals surface area (Å²) in [5, 5.41) is 1.26. The van der Waals surface area contributed by atoms with Crippen molar-refractivity contribution in [1.82, 2.24) is 9.97 Å². The molecule has 0 aliphatic rings. The lowest BCUT2D eigenvalue weighted by Crippen LogP contribution is -1.92. The zero-order valence-electron chi connectivity index (χ0n) is 15.9. The van der Waals surface area contributed by atoms with Crippen molar-refractivity contribution >= 4 is 10.8 Å². The van der Waals surface area contributed by atoms with Crippen LogP contribution in [-0.2, 0) is 6.42 Å². The molecule has 0 aliphatic heterocycles. The highest BCUT2D eigenvalue weighted by Crippen LogP contribution is 2.20. The molecule has 0 saturated heterocycles. The van der Waals surface area contributed by atoms with Crippen LogP contribution in [0, 0.1) is 23.5 Å². The van der Waals surface area contributed by atoms with Crippen molar-refractivity contribution in [3.8, 4) is 23.2 Å². The van der Waals surface area contributed by atoms with Crippen LogP contribution in [0.2, 0.25) is 0 Å². The molecule has 0 bridgehead atoms. The van der Waals surface area contributed by atoms with E-state index >= 15 is 0 Å². The van der Waals surface area contributed by atoms with Gasteiger partial charge in [0.25, 0.3) is 0 Å². The summed E-state index contributed by atoms with van der Waals surface area (Å²) in [6, 6.07) is 15.4. The molecule has 3 aromatic carbocycles. The molecule has 2 nitrogen and oxygen atoms in total. The Kier molecular flexibility index (Phi) is 5.31. The Labute approximate surface area is 168 Å². The molecule has 0 fully saturated rings. The topological polar surface area (TPSA) is 25.8 Å². The number of rotatable bonds is 3. The summed E-state index contributed by atoms with van der Waals surface area (Å²) in [5.74, 6) is 5.15. The van der Waals surface area contributed by atoms with Crippen LogP contribution in [0.1, 0.15) is 30.0 Å². The smallest absolute Gasteiger partial charge is 0.159 e. The molecule has 0 amide bonds. The Hall–Kier alpha value is -3.58. The normalized spacial score (nSPS) is 10.6. The van der Waals surface area contributed by atoms with Crippen molar-refractivity contribution in [2.75, 3.05) is 0 Å². The molecule has 0 radical (unpaired) electrons. The average molecular weight is 384 g/mol. The van der Waals surface area contributed by atoms with Gasteiger partial charge in [0.15, 0.2) is 17.5 Å². The minimum absolute atomic E-state index is 0.620. The second kappa shape index (κ2) is 8.20. The predicted molar refractivity (Wildman–Crippen MR) is 111 cm³/mol. The first kappa shape index (κ1) is 18.8. The van der Waals surface area contributed by atoms with Crippen molar-refractivity contribution < 1.29 is 8.78 Å². The molecule has 0 unspecified atom stereocenters. The summed E-state index contributed by atoms with van der Waals surface area (Å²) < 4.78 is 26.8. The number of aryl methyl sites for hydroxylation is 1. The van der Waals surface area contributed by atoms with Crippen LogP contribution in [-0.4, -0.2) is 9.97 Å². The number of benzene rings is 3. The highest BCUT2D eigenvalue weighted by molar-refractivity contribution is 5.84. The van der Waals surface area contributed by atoms with Gasteiger partial charge < -0.3 is 0 Å². The van der Waals surface area contributed by atoms with Crippen LogP contribution in [0.4, 0.5) is 8.78 Å². The second-order valence-electron chi connectivity index (χ2n) is 6.82. The van der Waals surface area contributed by atoms with Gasteiger partial charge in [-0.15, -0.1) is 0 Å². The summed E-state index contributed by atoms with van der Waals surface area (Å²) in [7, 11) is 0. The second-order valence-corrected chi connectivity index (χ2v) is 6.82. The monoisotopic (exact) mass is 384 g/mol. The molecule has 0 spiro atoms. The molecule has 1 aromatic heterocycles. The van der Waals surface area contributed by atoms with Crippen LogP contribution in [0.15, 0.2) is 67.0 Å². The van der Waals surface area contributed by atoms with Crippen molar-refractivity contribution in [2.24, 2.45) is 0 Å². The van der Waals surface area contributed by atoms with Gasteiger partial charge in [-0.3, -0.25) is 0 Å². The van der Waals surface area contributed by atoms with E-state index in [4.69, 9.17) is 0 Å². The number of halogens is 2. The van der Waals surface area contributed by atoms with E-state index in [1.54, 1.807) is 18.2 Å². The zero-order chi connectivity index (χ0) is 20.2. The Morgan fingerprint density at radius 2 is 1.38 bits per heavy atom. The number of hydrogen-bond acceptors (Lipinski definition) is 2. The van der Waals surface area contributed by atoms with Gasteiger partial charge in [0.2, 0.25) is 0 Å². The Balaban J connectivity index is 1.54. The van der Waals surface area contributed by atoms with E-state index < -0.39 is 11.6 Å². The highest BCUT2D eigenvalue weighted by atomic mass is 19.2. The van der Waals surface area contributed by atoms with Crippen LogP contribution in [0.5, 0.6) is 0 Å². The molecule has 1 heterocycles. The van der Waals surface area contributed by atoms with Crippen LogP contribution < -0.4 is 0 Å². The summed E-state index contributed by atoms with van der Waals surface area (Å²) >= 11 is 0. The van der Waals surface area contributed by atoms with E-state index in [0.717, 1.165) is 35.1 Å². The molecule has 29 heavy (non-hydrogen) atoms. The lowest BCUT2D eigenvalue weighted by molar-refractivity contribution is 0.511.